The van der Waals surface area contributed by atoms with Gasteiger partial charge < -0.3 is 4.74 Å². The summed E-state index contributed by atoms with van der Waals surface area (Å²) < 4.78 is 56.6. The van der Waals surface area contributed by atoms with Gasteiger partial charge in [0.05, 0.1) is 9.79 Å². The number of allylic oxidation sites excluding steroid dienone is 1. The molecule has 0 spiro atoms. The van der Waals surface area contributed by atoms with E-state index in [-0.39, 0.29) is 16.2 Å². The van der Waals surface area contributed by atoms with Gasteiger partial charge in [0.2, 0.25) is 0 Å². The molecular formula is C24H30O6S2. The van der Waals surface area contributed by atoms with Crippen LogP contribution in [0.4, 0.5) is 0 Å². The highest BCUT2D eigenvalue weighted by Crippen LogP contribution is 2.29. The molecule has 0 aliphatic heterocycles. The first-order valence-electron chi connectivity index (χ1n) is 10.4. The fourth-order valence-corrected chi connectivity index (χ4v) is 7.72. The molecule has 0 bridgehead atoms. The predicted octanol–water partition coefficient (Wildman–Crippen LogP) is 4.72. The molecule has 0 heterocycles. The lowest BCUT2D eigenvalue weighted by Crippen LogP contribution is -2.31. The van der Waals surface area contributed by atoms with E-state index < -0.39 is 35.8 Å². The number of esters is 1. The van der Waals surface area contributed by atoms with Crippen LogP contribution in [0, 0.1) is 0 Å². The number of unbranched alkanes of at least 4 members (excludes halogenated alkanes) is 2. The van der Waals surface area contributed by atoms with Gasteiger partial charge in [-0.1, -0.05) is 48.9 Å². The normalized spacial score (nSPS) is 12.9. The maximum absolute atomic E-state index is 13.2. The van der Waals surface area contributed by atoms with Crippen molar-refractivity contribution in [3.05, 3.63) is 72.8 Å². The van der Waals surface area contributed by atoms with Gasteiger partial charge in [-0.3, -0.25) is 0 Å². The van der Waals surface area contributed by atoms with E-state index in [1.807, 2.05) is 0 Å². The van der Waals surface area contributed by atoms with E-state index >= 15 is 0 Å². The maximum atomic E-state index is 13.2. The molecule has 2 aromatic rings. The van der Waals surface area contributed by atoms with Gasteiger partial charge >= 0.3 is 5.97 Å². The Balaban J connectivity index is 2.14. The average molecular weight is 479 g/mol. The van der Waals surface area contributed by atoms with Gasteiger partial charge in [0.1, 0.15) is 5.60 Å². The first kappa shape index (κ1) is 25.8. The van der Waals surface area contributed by atoms with Crippen molar-refractivity contribution >= 4 is 25.6 Å². The summed E-state index contributed by atoms with van der Waals surface area (Å²) in [5.41, 5.74) is -0.577. The average Bonchev–Trinajstić information content (AvgIpc) is 2.72. The highest BCUT2D eigenvalue weighted by molar-refractivity contribution is 8.09. The summed E-state index contributed by atoms with van der Waals surface area (Å²) in [6.45, 7) is 5.33. The quantitative estimate of drug-likeness (QED) is 0.279. The Morgan fingerprint density at radius 2 is 1.31 bits per heavy atom. The van der Waals surface area contributed by atoms with Crippen LogP contribution >= 0.6 is 0 Å². The van der Waals surface area contributed by atoms with Crippen molar-refractivity contribution in [2.24, 2.45) is 0 Å². The minimum Gasteiger partial charge on any atom is -0.457 e. The molecule has 2 aromatic carbocycles. The number of carbonyl (C=O) groups is 1. The van der Waals surface area contributed by atoms with Crippen LogP contribution in [0.25, 0.3) is 0 Å². The Hall–Kier alpha value is -2.45. The van der Waals surface area contributed by atoms with Crippen LogP contribution < -0.4 is 0 Å². The zero-order chi connectivity index (χ0) is 23.8. The van der Waals surface area contributed by atoms with Gasteiger partial charge in [-0.2, -0.15) is 0 Å². The van der Waals surface area contributed by atoms with Crippen molar-refractivity contribution in [1.82, 2.24) is 0 Å². The third-order valence-corrected chi connectivity index (χ3v) is 9.79. The Morgan fingerprint density at radius 3 is 1.75 bits per heavy atom. The van der Waals surface area contributed by atoms with Crippen molar-refractivity contribution < 1.29 is 26.4 Å². The highest BCUT2D eigenvalue weighted by atomic mass is 32.3. The van der Waals surface area contributed by atoms with Crippen LogP contribution in [0.5, 0.6) is 0 Å². The fraction of sp³-hybridized carbons (Fsp3) is 0.375. The van der Waals surface area contributed by atoms with Gasteiger partial charge in [-0.25, -0.2) is 21.6 Å². The van der Waals surface area contributed by atoms with Crippen molar-refractivity contribution in [2.75, 3.05) is 0 Å². The molecule has 0 saturated carbocycles. The molecule has 6 nitrogen and oxygen atoms in total. The molecule has 0 unspecified atom stereocenters. The summed E-state index contributed by atoms with van der Waals surface area (Å²) in [6.07, 6.45) is 4.34. The lowest BCUT2D eigenvalue weighted by atomic mass is 10.2. The Labute approximate surface area is 191 Å². The molecule has 0 amide bonds. The largest absolute Gasteiger partial charge is 0.457 e. The number of hydrogen-bond acceptors (Lipinski definition) is 6. The number of sulfone groups is 2. The van der Waals surface area contributed by atoms with Crippen molar-refractivity contribution in [2.45, 2.75) is 66.4 Å². The molecular weight excluding hydrogens is 448 g/mol. The van der Waals surface area contributed by atoms with Gasteiger partial charge in [0.15, 0.2) is 24.3 Å². The molecule has 0 aliphatic carbocycles. The molecule has 0 aromatic heterocycles. The Bertz CT molecular complexity index is 1040. The highest BCUT2D eigenvalue weighted by Gasteiger charge is 2.39. The van der Waals surface area contributed by atoms with Gasteiger partial charge in [-0.15, -0.1) is 0 Å². The van der Waals surface area contributed by atoms with Crippen molar-refractivity contribution in [1.29, 1.82) is 0 Å². The van der Waals surface area contributed by atoms with Gasteiger partial charge in [0.25, 0.3) is 0 Å². The second-order valence-electron chi connectivity index (χ2n) is 8.37. The first-order valence-corrected chi connectivity index (χ1v) is 13.5. The zero-order valence-corrected chi connectivity index (χ0v) is 20.2. The third-order valence-electron chi connectivity index (χ3n) is 4.56. The summed E-state index contributed by atoms with van der Waals surface area (Å²) >= 11 is 0. The van der Waals surface area contributed by atoms with E-state index in [1.54, 1.807) is 63.2 Å². The SMILES string of the molecule is CC(C)(C)OC(=O)/C=C/CCCCC(S(=O)(=O)c1ccccc1)S(=O)(=O)c1ccccc1. The summed E-state index contributed by atoms with van der Waals surface area (Å²) in [4.78, 5) is 11.7. The summed E-state index contributed by atoms with van der Waals surface area (Å²) in [5.74, 6) is -0.450. The molecule has 0 saturated heterocycles. The fourth-order valence-electron chi connectivity index (χ4n) is 3.09. The second kappa shape index (κ2) is 10.9. The Morgan fingerprint density at radius 1 is 0.844 bits per heavy atom. The van der Waals surface area contributed by atoms with E-state index in [0.717, 1.165) is 0 Å². The minimum absolute atomic E-state index is 0.0191. The van der Waals surface area contributed by atoms with E-state index in [4.69, 9.17) is 4.74 Å². The maximum Gasteiger partial charge on any atom is 0.330 e. The number of benzene rings is 2. The van der Waals surface area contributed by atoms with Crippen molar-refractivity contribution in [3.63, 3.8) is 0 Å². The summed E-state index contributed by atoms with van der Waals surface area (Å²) in [5, 5.41) is 0. The molecule has 0 atom stereocenters. The molecule has 0 radical (unpaired) electrons. The lowest BCUT2D eigenvalue weighted by Gasteiger charge is -2.18. The molecule has 2 rings (SSSR count). The van der Waals surface area contributed by atoms with Crippen LogP contribution in [-0.2, 0) is 29.2 Å². The molecule has 32 heavy (non-hydrogen) atoms. The van der Waals surface area contributed by atoms with E-state index in [9.17, 15) is 21.6 Å². The molecule has 8 heteroatoms. The number of carbonyl (C=O) groups excluding carboxylic acids is 1. The minimum atomic E-state index is -4.11. The number of rotatable bonds is 10. The topological polar surface area (TPSA) is 94.6 Å². The van der Waals surface area contributed by atoms with Crippen LogP contribution in [0.1, 0.15) is 46.5 Å². The zero-order valence-electron chi connectivity index (χ0n) is 18.6. The van der Waals surface area contributed by atoms with E-state index in [1.165, 1.54) is 30.3 Å². The second-order valence-corrected chi connectivity index (χ2v) is 12.9. The molecule has 174 valence electrons. The van der Waals surface area contributed by atoms with Crippen molar-refractivity contribution in [3.8, 4) is 0 Å². The smallest absolute Gasteiger partial charge is 0.330 e. The van der Waals surface area contributed by atoms with Crippen LogP contribution in [0.2, 0.25) is 0 Å². The van der Waals surface area contributed by atoms with Gasteiger partial charge in [0, 0.05) is 6.08 Å². The third kappa shape index (κ3) is 7.31. The van der Waals surface area contributed by atoms with Crippen LogP contribution in [-0.4, -0.2) is 33.0 Å². The monoisotopic (exact) mass is 478 g/mol. The standard InChI is InChI=1S/C24H30O6S2/c1-24(2,3)30-22(25)18-12-4-5-13-19-23(31(26,27)20-14-8-6-9-15-20)32(28,29)21-16-10-7-11-17-21/h6-12,14-18,23H,4-5,13,19H2,1-3H3/b18-12+. The summed E-state index contributed by atoms with van der Waals surface area (Å²) in [7, 11) is -8.23. The van der Waals surface area contributed by atoms with E-state index in [2.05, 4.69) is 0 Å². The molecule has 0 aliphatic rings. The molecule has 0 N–H and O–H groups in total. The number of ether oxygens (including phenoxy) is 1. The molecule has 0 fully saturated rings. The lowest BCUT2D eigenvalue weighted by molar-refractivity contribution is -0.148. The van der Waals surface area contributed by atoms with Crippen LogP contribution in [0.15, 0.2) is 82.6 Å². The van der Waals surface area contributed by atoms with E-state index in [0.29, 0.717) is 19.3 Å². The Kier molecular flexibility index (Phi) is 8.81. The van der Waals surface area contributed by atoms with Crippen LogP contribution in [0.3, 0.4) is 0 Å². The summed E-state index contributed by atoms with van der Waals surface area (Å²) in [6, 6.07) is 15.3. The predicted molar refractivity (Wildman–Crippen MR) is 124 cm³/mol. The first-order chi connectivity index (χ1) is 14.9. The van der Waals surface area contributed by atoms with Gasteiger partial charge in [-0.05, 0) is 64.3 Å². The number of hydrogen-bond donors (Lipinski definition) is 0.